The van der Waals surface area contributed by atoms with Gasteiger partial charge in [-0.2, -0.15) is 4.31 Å². The second-order valence-corrected chi connectivity index (χ2v) is 8.22. The fraction of sp³-hybridized carbons (Fsp3) is 0.625. The van der Waals surface area contributed by atoms with E-state index < -0.39 is 10.0 Å². The molecule has 3 nitrogen and oxygen atoms in total. The van der Waals surface area contributed by atoms with Crippen molar-refractivity contribution in [2.45, 2.75) is 62.8 Å². The average molecular weight is 330 g/mol. The zero-order valence-electron chi connectivity index (χ0n) is 13.0. The number of hydrogen-bond acceptors (Lipinski definition) is 2. The van der Waals surface area contributed by atoms with Crippen molar-refractivity contribution in [3.05, 3.63) is 28.8 Å². The van der Waals surface area contributed by atoms with E-state index in [1.54, 1.807) is 17.4 Å². The summed E-state index contributed by atoms with van der Waals surface area (Å²) in [7, 11) is -1.73. The van der Waals surface area contributed by atoms with Gasteiger partial charge in [-0.05, 0) is 49.4 Å². The monoisotopic (exact) mass is 329 g/mol. The van der Waals surface area contributed by atoms with Crippen LogP contribution in [0.5, 0.6) is 0 Å². The summed E-state index contributed by atoms with van der Waals surface area (Å²) in [5.41, 5.74) is 2.66. The first-order valence-corrected chi connectivity index (χ1v) is 9.49. The van der Waals surface area contributed by atoms with E-state index in [1.807, 2.05) is 19.9 Å². The van der Waals surface area contributed by atoms with Crippen molar-refractivity contribution in [3.8, 4) is 0 Å². The van der Waals surface area contributed by atoms with Crippen LogP contribution in [0.1, 0.15) is 48.8 Å². The van der Waals surface area contributed by atoms with Crippen LogP contribution in [-0.4, -0.2) is 25.8 Å². The highest BCUT2D eigenvalue weighted by molar-refractivity contribution is 7.89. The Morgan fingerprint density at radius 2 is 1.81 bits per heavy atom. The van der Waals surface area contributed by atoms with Crippen LogP contribution in [0.4, 0.5) is 0 Å². The Hall–Kier alpha value is -0.580. The summed E-state index contributed by atoms with van der Waals surface area (Å²) in [5, 5.41) is 0. The molecule has 0 bridgehead atoms. The maximum atomic E-state index is 13.0. The summed E-state index contributed by atoms with van der Waals surface area (Å²) in [6, 6.07) is 3.81. The van der Waals surface area contributed by atoms with Crippen LogP contribution in [0, 0.1) is 13.8 Å². The third-order valence-electron chi connectivity index (χ3n) is 4.58. The molecule has 1 aliphatic rings. The van der Waals surface area contributed by atoms with Crippen LogP contribution in [0.3, 0.4) is 0 Å². The molecule has 5 heteroatoms. The predicted molar refractivity (Wildman–Crippen MR) is 87.3 cm³/mol. The highest BCUT2D eigenvalue weighted by Crippen LogP contribution is 2.29. The maximum absolute atomic E-state index is 13.0. The Morgan fingerprint density at radius 1 is 1.19 bits per heavy atom. The Morgan fingerprint density at radius 3 is 2.38 bits per heavy atom. The van der Waals surface area contributed by atoms with Crippen LogP contribution >= 0.6 is 11.6 Å². The normalized spacial score (nSPS) is 17.4. The molecule has 1 aliphatic carbocycles. The zero-order chi connectivity index (χ0) is 15.6. The Bertz CT molecular complexity index is 607. The molecule has 2 rings (SSSR count). The summed E-state index contributed by atoms with van der Waals surface area (Å²) >= 11 is 5.89. The fourth-order valence-corrected chi connectivity index (χ4v) is 4.96. The van der Waals surface area contributed by atoms with E-state index in [1.165, 1.54) is 6.42 Å². The minimum absolute atomic E-state index is 0.128. The van der Waals surface area contributed by atoms with Gasteiger partial charge in [0.15, 0.2) is 0 Å². The third-order valence-corrected chi connectivity index (χ3v) is 6.92. The largest absolute Gasteiger partial charge is 0.243 e. The molecule has 1 aromatic carbocycles. The minimum atomic E-state index is -3.45. The van der Waals surface area contributed by atoms with Crippen molar-refractivity contribution in [2.75, 3.05) is 7.05 Å². The number of halogens is 1. The van der Waals surface area contributed by atoms with Crippen LogP contribution < -0.4 is 0 Å². The molecule has 0 amide bonds. The summed E-state index contributed by atoms with van der Waals surface area (Å²) < 4.78 is 27.5. The Balaban J connectivity index is 2.40. The third kappa shape index (κ3) is 3.43. The standard InChI is InChI=1S/C16H24ClNO2S/c1-12-9-14(11-17)10-16(13(12)2)21(19,20)18(3)15-7-5-4-6-8-15/h9-10,15H,4-8,11H2,1-3H3. The number of alkyl halides is 1. The van der Waals surface area contributed by atoms with E-state index >= 15 is 0 Å². The first-order chi connectivity index (χ1) is 9.87. The van der Waals surface area contributed by atoms with Crippen molar-refractivity contribution >= 4 is 21.6 Å². The molecule has 1 aromatic rings. The highest BCUT2D eigenvalue weighted by atomic mass is 35.5. The smallest absolute Gasteiger partial charge is 0.207 e. The van der Waals surface area contributed by atoms with Crippen molar-refractivity contribution in [3.63, 3.8) is 0 Å². The summed E-state index contributed by atoms with van der Waals surface area (Å²) in [5.74, 6) is 0.330. The van der Waals surface area contributed by atoms with E-state index in [2.05, 4.69) is 0 Å². The van der Waals surface area contributed by atoms with Gasteiger partial charge in [0, 0.05) is 19.0 Å². The SMILES string of the molecule is Cc1cc(CCl)cc(S(=O)(=O)N(C)C2CCCCC2)c1C. The van der Waals surface area contributed by atoms with E-state index in [9.17, 15) is 8.42 Å². The molecule has 0 aliphatic heterocycles. The molecule has 0 atom stereocenters. The lowest BCUT2D eigenvalue weighted by molar-refractivity contribution is 0.285. The molecular weight excluding hydrogens is 306 g/mol. The Kier molecular flexibility index (Phi) is 5.33. The van der Waals surface area contributed by atoms with Crippen molar-refractivity contribution in [1.82, 2.24) is 4.31 Å². The van der Waals surface area contributed by atoms with Crippen LogP contribution in [0.25, 0.3) is 0 Å². The van der Waals surface area contributed by atoms with Crippen molar-refractivity contribution in [2.24, 2.45) is 0 Å². The molecular formula is C16H24ClNO2S. The number of rotatable bonds is 4. The van der Waals surface area contributed by atoms with Crippen LogP contribution in [0.15, 0.2) is 17.0 Å². The van der Waals surface area contributed by atoms with Gasteiger partial charge < -0.3 is 0 Å². The maximum Gasteiger partial charge on any atom is 0.243 e. The predicted octanol–water partition coefficient (Wildman–Crippen LogP) is 4.00. The van der Waals surface area contributed by atoms with E-state index in [0.717, 1.165) is 42.4 Å². The molecule has 1 fully saturated rings. The number of hydrogen-bond donors (Lipinski definition) is 0. The molecule has 0 heterocycles. The van der Waals surface area contributed by atoms with Crippen LogP contribution in [-0.2, 0) is 15.9 Å². The second-order valence-electron chi connectivity index (χ2n) is 5.98. The van der Waals surface area contributed by atoms with Gasteiger partial charge >= 0.3 is 0 Å². The lowest BCUT2D eigenvalue weighted by Gasteiger charge is -2.31. The number of aryl methyl sites for hydroxylation is 1. The summed E-state index contributed by atoms with van der Waals surface area (Å²) in [6.45, 7) is 3.81. The van der Waals surface area contributed by atoms with Gasteiger partial charge in [-0.15, -0.1) is 11.6 Å². The van der Waals surface area contributed by atoms with Gasteiger partial charge in [-0.3, -0.25) is 0 Å². The lowest BCUT2D eigenvalue weighted by Crippen LogP contribution is -2.38. The van der Waals surface area contributed by atoms with Gasteiger partial charge in [0.25, 0.3) is 0 Å². The lowest BCUT2D eigenvalue weighted by atomic mass is 9.96. The van der Waals surface area contributed by atoms with E-state index in [0.29, 0.717) is 10.8 Å². The fourth-order valence-electron chi connectivity index (χ4n) is 3.04. The van der Waals surface area contributed by atoms with Gasteiger partial charge in [-0.25, -0.2) is 8.42 Å². The zero-order valence-corrected chi connectivity index (χ0v) is 14.6. The highest BCUT2D eigenvalue weighted by Gasteiger charge is 2.30. The Labute approximate surface area is 133 Å². The molecule has 21 heavy (non-hydrogen) atoms. The summed E-state index contributed by atoms with van der Waals surface area (Å²) in [6.07, 6.45) is 5.37. The molecule has 0 radical (unpaired) electrons. The molecule has 1 saturated carbocycles. The van der Waals surface area contributed by atoms with E-state index in [-0.39, 0.29) is 6.04 Å². The molecule has 0 aromatic heterocycles. The van der Waals surface area contributed by atoms with E-state index in [4.69, 9.17) is 11.6 Å². The summed E-state index contributed by atoms with van der Waals surface area (Å²) in [4.78, 5) is 0.409. The first-order valence-electron chi connectivity index (χ1n) is 7.52. The van der Waals surface area contributed by atoms with Gasteiger partial charge in [0.2, 0.25) is 10.0 Å². The molecule has 0 saturated heterocycles. The topological polar surface area (TPSA) is 37.4 Å². The first kappa shape index (κ1) is 16.8. The van der Waals surface area contributed by atoms with Crippen molar-refractivity contribution < 1.29 is 8.42 Å². The quantitative estimate of drug-likeness (QED) is 0.783. The molecule has 0 spiro atoms. The average Bonchev–Trinajstić information content (AvgIpc) is 2.49. The van der Waals surface area contributed by atoms with Gasteiger partial charge in [-0.1, -0.05) is 25.3 Å². The molecule has 0 N–H and O–H groups in total. The number of nitrogens with zero attached hydrogens (tertiary/aromatic N) is 1. The second kappa shape index (κ2) is 6.67. The van der Waals surface area contributed by atoms with Gasteiger partial charge in [0.05, 0.1) is 4.90 Å². The molecule has 118 valence electrons. The molecule has 0 unspecified atom stereocenters. The van der Waals surface area contributed by atoms with Crippen LogP contribution in [0.2, 0.25) is 0 Å². The number of sulfonamides is 1. The van der Waals surface area contributed by atoms with Crippen molar-refractivity contribution in [1.29, 1.82) is 0 Å². The minimum Gasteiger partial charge on any atom is -0.207 e. The van der Waals surface area contributed by atoms with Gasteiger partial charge in [0.1, 0.15) is 0 Å². The number of benzene rings is 1.